The first-order valence-electron chi connectivity index (χ1n) is 8.63. The smallest absolute Gasteiger partial charge is 0.266 e. The second-order valence-corrected chi connectivity index (χ2v) is 8.04. The van der Waals surface area contributed by atoms with Crippen molar-refractivity contribution >= 4 is 59.0 Å². The number of benzene rings is 2. The average molecular weight is 477 g/mol. The van der Waals surface area contributed by atoms with Crippen molar-refractivity contribution < 1.29 is 9.21 Å². The molecule has 3 aromatic rings. The van der Waals surface area contributed by atoms with Crippen molar-refractivity contribution in [3.63, 3.8) is 0 Å². The van der Waals surface area contributed by atoms with E-state index in [2.05, 4.69) is 17.9 Å². The maximum atomic E-state index is 12.4. The van der Waals surface area contributed by atoms with Gasteiger partial charge in [0.1, 0.15) is 23.2 Å². The lowest BCUT2D eigenvalue weighted by molar-refractivity contribution is -0.118. The first-order valence-corrected chi connectivity index (χ1v) is 10.2. The average Bonchev–Trinajstić information content (AvgIpc) is 3.21. The summed E-state index contributed by atoms with van der Waals surface area (Å²) >= 11 is 22.6. The zero-order chi connectivity index (χ0) is 21.4. The van der Waals surface area contributed by atoms with Crippen LogP contribution in [0.25, 0.3) is 11.3 Å². The third-order valence-corrected chi connectivity index (χ3v) is 5.95. The number of amides is 1. The van der Waals surface area contributed by atoms with E-state index >= 15 is 0 Å². The number of hydrogen-bond donors (Lipinski definition) is 2. The van der Waals surface area contributed by atoms with Crippen molar-refractivity contribution in [2.75, 3.05) is 4.90 Å². The van der Waals surface area contributed by atoms with E-state index in [4.69, 9.17) is 39.2 Å². The Morgan fingerprint density at radius 1 is 1.03 bits per heavy atom. The number of carbonyl (C=O) groups is 1. The van der Waals surface area contributed by atoms with Gasteiger partial charge in [0, 0.05) is 16.3 Å². The minimum atomic E-state index is -0.722. The zero-order valence-corrected chi connectivity index (χ0v) is 18.2. The summed E-state index contributed by atoms with van der Waals surface area (Å²) in [6, 6.07) is 17.5. The van der Waals surface area contributed by atoms with Crippen LogP contribution < -0.4 is 10.2 Å². The summed E-state index contributed by atoms with van der Waals surface area (Å²) in [5.41, 5.74) is 1.31. The summed E-state index contributed by atoms with van der Waals surface area (Å²) in [6.07, 6.45) is -0.722. The van der Waals surface area contributed by atoms with Crippen molar-refractivity contribution in [1.29, 1.82) is 5.26 Å². The van der Waals surface area contributed by atoms with Crippen LogP contribution in [0.3, 0.4) is 0 Å². The number of carbonyl (C=O) groups excluding carboxylic acids is 1. The molecule has 1 atom stereocenters. The Morgan fingerprint density at radius 2 is 1.77 bits per heavy atom. The quantitative estimate of drug-likeness (QED) is 0.441. The summed E-state index contributed by atoms with van der Waals surface area (Å²) in [4.78, 5) is 14.1. The molecular weight excluding hydrogens is 465 g/mol. The lowest BCUT2D eigenvalue weighted by atomic mass is 10.1. The maximum Gasteiger partial charge on any atom is 0.266 e. The van der Waals surface area contributed by atoms with Crippen LogP contribution in [0.5, 0.6) is 0 Å². The van der Waals surface area contributed by atoms with E-state index in [9.17, 15) is 10.1 Å². The Labute approximate surface area is 192 Å². The van der Waals surface area contributed by atoms with Crippen LogP contribution in [0.4, 0.5) is 5.69 Å². The van der Waals surface area contributed by atoms with Gasteiger partial charge in [0.2, 0.25) is 0 Å². The van der Waals surface area contributed by atoms with E-state index in [0.717, 1.165) is 5.56 Å². The molecule has 1 N–H and O–H groups in total. The van der Waals surface area contributed by atoms with Crippen LogP contribution in [-0.2, 0) is 4.79 Å². The third kappa shape index (κ3) is 3.78. The van der Waals surface area contributed by atoms with Crippen molar-refractivity contribution in [3.05, 3.63) is 86.0 Å². The number of anilines is 1. The standard InChI is InChI=1S/C21H12Cl3N3O2S/c22-12-2-4-13(5-3-12)27-19(26-20(28)14(10-25)21(27)30)18-8-7-17(29-18)11-1-6-15(23)16(24)9-11/h1-9,19,30H,(H,26,28). The number of halogens is 3. The Morgan fingerprint density at radius 3 is 2.43 bits per heavy atom. The van der Waals surface area contributed by atoms with Crippen LogP contribution >= 0.6 is 47.4 Å². The Bertz CT molecular complexity index is 1210. The highest BCUT2D eigenvalue weighted by atomic mass is 35.5. The molecule has 0 bridgehead atoms. The predicted molar refractivity (Wildman–Crippen MR) is 121 cm³/mol. The van der Waals surface area contributed by atoms with Crippen LogP contribution in [0.2, 0.25) is 15.1 Å². The fourth-order valence-corrected chi connectivity index (χ4v) is 3.89. The molecule has 0 saturated carbocycles. The fraction of sp³-hybridized carbons (Fsp3) is 0.0476. The molecule has 9 heteroatoms. The molecule has 1 aliphatic heterocycles. The molecule has 2 aromatic carbocycles. The van der Waals surface area contributed by atoms with Gasteiger partial charge >= 0.3 is 0 Å². The molecule has 4 rings (SSSR count). The van der Waals surface area contributed by atoms with Crippen LogP contribution in [0, 0.1) is 11.3 Å². The fourth-order valence-electron chi connectivity index (χ4n) is 3.08. The van der Waals surface area contributed by atoms with Crippen molar-refractivity contribution in [3.8, 4) is 17.4 Å². The molecule has 0 fully saturated rings. The van der Waals surface area contributed by atoms with E-state index in [-0.39, 0.29) is 10.6 Å². The van der Waals surface area contributed by atoms with E-state index in [1.807, 2.05) is 6.07 Å². The summed E-state index contributed by atoms with van der Waals surface area (Å²) in [7, 11) is 0. The van der Waals surface area contributed by atoms with Gasteiger partial charge in [0.15, 0.2) is 6.17 Å². The highest BCUT2D eigenvalue weighted by Crippen LogP contribution is 2.38. The molecular formula is C21H12Cl3N3O2S. The normalized spacial score (nSPS) is 16.4. The van der Waals surface area contributed by atoms with E-state index in [0.29, 0.717) is 32.3 Å². The van der Waals surface area contributed by atoms with Gasteiger partial charge in [-0.3, -0.25) is 4.79 Å². The lowest BCUT2D eigenvalue weighted by Gasteiger charge is -2.36. The molecule has 0 spiro atoms. The lowest BCUT2D eigenvalue weighted by Crippen LogP contribution is -2.45. The van der Waals surface area contributed by atoms with Crippen LogP contribution in [0.15, 0.2) is 69.6 Å². The summed E-state index contributed by atoms with van der Waals surface area (Å²) in [5.74, 6) is 0.456. The topological polar surface area (TPSA) is 69.3 Å². The zero-order valence-electron chi connectivity index (χ0n) is 15.1. The largest absolute Gasteiger partial charge is 0.457 e. The van der Waals surface area contributed by atoms with E-state index < -0.39 is 12.1 Å². The van der Waals surface area contributed by atoms with Gasteiger partial charge in [-0.05, 0) is 54.6 Å². The second kappa shape index (κ2) is 8.29. The van der Waals surface area contributed by atoms with Gasteiger partial charge in [0.05, 0.1) is 15.1 Å². The molecule has 5 nitrogen and oxygen atoms in total. The van der Waals surface area contributed by atoms with Crippen molar-refractivity contribution in [2.24, 2.45) is 0 Å². The highest BCUT2D eigenvalue weighted by Gasteiger charge is 2.35. The van der Waals surface area contributed by atoms with Gasteiger partial charge < -0.3 is 14.6 Å². The molecule has 0 radical (unpaired) electrons. The monoisotopic (exact) mass is 475 g/mol. The Balaban J connectivity index is 1.78. The minimum absolute atomic E-state index is 0.0965. The highest BCUT2D eigenvalue weighted by molar-refractivity contribution is 7.84. The first-order chi connectivity index (χ1) is 14.4. The Hall–Kier alpha value is -2.56. The van der Waals surface area contributed by atoms with Gasteiger partial charge in [-0.25, -0.2) is 0 Å². The van der Waals surface area contributed by atoms with Crippen LogP contribution in [0.1, 0.15) is 11.9 Å². The molecule has 2 heterocycles. The van der Waals surface area contributed by atoms with E-state index in [1.54, 1.807) is 59.5 Å². The third-order valence-electron chi connectivity index (χ3n) is 4.52. The molecule has 0 saturated heterocycles. The molecule has 1 unspecified atom stereocenters. The first kappa shape index (κ1) is 20.7. The molecule has 1 amide bonds. The number of nitrogens with zero attached hydrogens (tertiary/aromatic N) is 2. The maximum absolute atomic E-state index is 12.4. The van der Waals surface area contributed by atoms with E-state index in [1.165, 1.54) is 0 Å². The number of rotatable bonds is 3. The Kier molecular flexibility index (Phi) is 5.72. The molecule has 150 valence electrons. The number of furan rings is 1. The SMILES string of the molecule is N#CC1=C(S)N(c2ccc(Cl)cc2)C(c2ccc(-c3ccc(Cl)c(Cl)c3)o2)NC1=O. The molecule has 0 aliphatic carbocycles. The summed E-state index contributed by atoms with van der Waals surface area (Å²) in [5, 5.41) is 13.8. The number of hydrogen-bond acceptors (Lipinski definition) is 5. The van der Waals surface area contributed by atoms with Gasteiger partial charge in [0.25, 0.3) is 5.91 Å². The number of nitriles is 1. The number of thiol groups is 1. The second-order valence-electron chi connectivity index (χ2n) is 6.36. The van der Waals surface area contributed by atoms with Gasteiger partial charge in [-0.2, -0.15) is 5.26 Å². The molecule has 1 aliphatic rings. The summed E-state index contributed by atoms with van der Waals surface area (Å²) < 4.78 is 6.02. The number of nitrogens with one attached hydrogen (secondary N) is 1. The summed E-state index contributed by atoms with van der Waals surface area (Å²) in [6.45, 7) is 0. The molecule has 1 aromatic heterocycles. The predicted octanol–water partition coefficient (Wildman–Crippen LogP) is 6.21. The van der Waals surface area contributed by atoms with Gasteiger partial charge in [-0.1, -0.05) is 34.8 Å². The van der Waals surface area contributed by atoms with Crippen molar-refractivity contribution in [1.82, 2.24) is 5.32 Å². The molecule has 30 heavy (non-hydrogen) atoms. The minimum Gasteiger partial charge on any atom is -0.457 e. The van der Waals surface area contributed by atoms with Crippen LogP contribution in [-0.4, -0.2) is 5.91 Å². The van der Waals surface area contributed by atoms with Gasteiger partial charge in [-0.15, -0.1) is 12.6 Å². The van der Waals surface area contributed by atoms with Crippen molar-refractivity contribution in [2.45, 2.75) is 6.17 Å².